The molecule has 3 rings (SSSR count). The third kappa shape index (κ3) is 4.65. The second kappa shape index (κ2) is 9.49. The second-order valence-corrected chi connectivity index (χ2v) is 6.99. The van der Waals surface area contributed by atoms with Crippen LogP contribution in [0.4, 0.5) is 0 Å². The first-order valence-electron chi connectivity index (χ1n) is 9.55. The van der Waals surface area contributed by atoms with Crippen LogP contribution in [0.3, 0.4) is 0 Å². The van der Waals surface area contributed by atoms with Gasteiger partial charge in [-0.25, -0.2) is 0 Å². The maximum absolute atomic E-state index is 12.9. The molecule has 8 heteroatoms. The molecule has 1 aliphatic heterocycles. The van der Waals surface area contributed by atoms with Crippen LogP contribution in [-0.4, -0.2) is 73.8 Å². The van der Waals surface area contributed by atoms with Crippen LogP contribution in [0.1, 0.15) is 15.9 Å². The lowest BCUT2D eigenvalue weighted by atomic mass is 10.1. The fourth-order valence-electron chi connectivity index (χ4n) is 3.52. The highest BCUT2D eigenvalue weighted by atomic mass is 16.5. The van der Waals surface area contributed by atoms with Crippen molar-refractivity contribution in [1.82, 2.24) is 9.80 Å². The van der Waals surface area contributed by atoms with Gasteiger partial charge in [0, 0.05) is 18.7 Å². The van der Waals surface area contributed by atoms with E-state index in [2.05, 4.69) is 0 Å². The van der Waals surface area contributed by atoms with Gasteiger partial charge in [-0.15, -0.1) is 0 Å². The molecule has 1 atom stereocenters. The minimum Gasteiger partial charge on any atom is -0.497 e. The van der Waals surface area contributed by atoms with Crippen molar-refractivity contribution in [2.24, 2.45) is 0 Å². The number of ether oxygens (including phenoxy) is 3. The molecule has 160 valence electrons. The number of methoxy groups -OCH3 is 3. The van der Waals surface area contributed by atoms with E-state index in [0.717, 1.165) is 0 Å². The lowest BCUT2D eigenvalue weighted by Crippen LogP contribution is -2.39. The lowest BCUT2D eigenvalue weighted by molar-refractivity contribution is -0.131. The number of aliphatic hydroxyl groups is 1. The summed E-state index contributed by atoms with van der Waals surface area (Å²) in [6, 6.07) is 12.1. The molecule has 0 spiro atoms. The highest BCUT2D eigenvalue weighted by Crippen LogP contribution is 2.30. The quantitative estimate of drug-likeness (QED) is 0.772. The summed E-state index contributed by atoms with van der Waals surface area (Å²) in [4.78, 5) is 28.8. The van der Waals surface area contributed by atoms with E-state index in [9.17, 15) is 14.7 Å². The molecule has 1 aliphatic rings. The molecule has 1 unspecified atom stereocenters. The fourth-order valence-corrected chi connectivity index (χ4v) is 3.52. The first kappa shape index (κ1) is 21.4. The number of β-amino-alcohol motifs (C(OH)–C–C–N with tert-alkyl or cyclic N) is 1. The Bertz CT molecular complexity index is 894. The van der Waals surface area contributed by atoms with Crippen LogP contribution in [-0.2, 0) is 11.3 Å². The molecule has 0 radical (unpaired) electrons. The van der Waals surface area contributed by atoms with E-state index >= 15 is 0 Å². The Labute approximate surface area is 175 Å². The van der Waals surface area contributed by atoms with Crippen LogP contribution in [0.2, 0.25) is 0 Å². The predicted molar refractivity (Wildman–Crippen MR) is 110 cm³/mol. The Hall–Kier alpha value is -3.26. The van der Waals surface area contributed by atoms with Gasteiger partial charge in [-0.2, -0.15) is 0 Å². The molecule has 8 nitrogen and oxygen atoms in total. The monoisotopic (exact) mass is 414 g/mol. The van der Waals surface area contributed by atoms with E-state index in [1.54, 1.807) is 56.7 Å². The van der Waals surface area contributed by atoms with E-state index in [1.807, 2.05) is 0 Å². The third-order valence-electron chi connectivity index (χ3n) is 5.02. The number of rotatable bonds is 6. The summed E-state index contributed by atoms with van der Waals surface area (Å²) in [5.74, 6) is 1.12. The zero-order valence-corrected chi connectivity index (χ0v) is 17.3. The van der Waals surface area contributed by atoms with Crippen molar-refractivity contribution in [2.75, 3.05) is 41.0 Å². The second-order valence-electron chi connectivity index (χ2n) is 6.99. The Balaban J connectivity index is 1.81. The van der Waals surface area contributed by atoms with Crippen molar-refractivity contribution in [3.8, 4) is 17.2 Å². The van der Waals surface area contributed by atoms with Gasteiger partial charge in [-0.1, -0.05) is 12.1 Å². The van der Waals surface area contributed by atoms with Gasteiger partial charge in [0.2, 0.25) is 5.91 Å². The standard InChI is InChI=1S/C22H26N2O6/c1-28-17-7-4-6-15(10-17)22(27)24-12-16(25)11-23(21(26)14-24)13-18-19(29-2)8-5-9-20(18)30-3/h4-10,16,25H,11-14H2,1-3H3. The summed E-state index contributed by atoms with van der Waals surface area (Å²) >= 11 is 0. The van der Waals surface area contributed by atoms with Crippen LogP contribution in [0, 0.1) is 0 Å². The molecule has 2 aromatic carbocycles. The van der Waals surface area contributed by atoms with E-state index in [4.69, 9.17) is 14.2 Å². The van der Waals surface area contributed by atoms with E-state index in [0.29, 0.717) is 28.4 Å². The minimum atomic E-state index is -0.883. The van der Waals surface area contributed by atoms with Crippen molar-refractivity contribution in [2.45, 2.75) is 12.6 Å². The Kier molecular flexibility index (Phi) is 6.79. The summed E-state index contributed by atoms with van der Waals surface area (Å²) in [6.07, 6.45) is -0.883. The van der Waals surface area contributed by atoms with Crippen LogP contribution in [0.25, 0.3) is 0 Å². The highest BCUT2D eigenvalue weighted by Gasteiger charge is 2.31. The molecule has 1 heterocycles. The fraction of sp³-hybridized carbons (Fsp3) is 0.364. The van der Waals surface area contributed by atoms with Crippen LogP contribution in [0.5, 0.6) is 17.2 Å². The maximum atomic E-state index is 12.9. The smallest absolute Gasteiger partial charge is 0.254 e. The SMILES string of the molecule is COc1cccc(C(=O)N2CC(=O)N(Cc3c(OC)cccc3OC)CC(O)C2)c1. The van der Waals surface area contributed by atoms with Gasteiger partial charge in [-0.05, 0) is 30.3 Å². The molecule has 1 N–H and O–H groups in total. The lowest BCUT2D eigenvalue weighted by Gasteiger charge is -2.24. The number of hydrogen-bond acceptors (Lipinski definition) is 6. The average molecular weight is 414 g/mol. The number of hydrogen-bond donors (Lipinski definition) is 1. The number of carbonyl (C=O) groups excluding carboxylic acids is 2. The van der Waals surface area contributed by atoms with Gasteiger partial charge in [0.15, 0.2) is 0 Å². The largest absolute Gasteiger partial charge is 0.497 e. The first-order valence-corrected chi connectivity index (χ1v) is 9.55. The van der Waals surface area contributed by atoms with Crippen molar-refractivity contribution in [1.29, 1.82) is 0 Å². The molecule has 1 fully saturated rings. The molecule has 2 aromatic rings. The van der Waals surface area contributed by atoms with Crippen LogP contribution in [0.15, 0.2) is 42.5 Å². The van der Waals surface area contributed by atoms with Gasteiger partial charge in [0.25, 0.3) is 5.91 Å². The molecular formula is C22H26N2O6. The first-order chi connectivity index (χ1) is 14.5. The van der Waals surface area contributed by atoms with E-state index in [-0.39, 0.29) is 38.0 Å². The molecule has 0 bridgehead atoms. The van der Waals surface area contributed by atoms with Crippen molar-refractivity contribution in [3.05, 3.63) is 53.6 Å². The molecule has 1 saturated heterocycles. The average Bonchev–Trinajstić information content (AvgIpc) is 2.91. The molecule has 0 saturated carbocycles. The van der Waals surface area contributed by atoms with Gasteiger partial charge in [-0.3, -0.25) is 9.59 Å². The number of nitrogens with zero attached hydrogens (tertiary/aromatic N) is 2. The van der Waals surface area contributed by atoms with Gasteiger partial charge >= 0.3 is 0 Å². The number of amides is 2. The zero-order valence-electron chi connectivity index (χ0n) is 17.3. The Morgan fingerprint density at radius 3 is 2.33 bits per heavy atom. The van der Waals surface area contributed by atoms with Crippen molar-refractivity contribution < 1.29 is 28.9 Å². The summed E-state index contributed by atoms with van der Waals surface area (Å²) < 4.78 is 16.0. The van der Waals surface area contributed by atoms with Crippen molar-refractivity contribution in [3.63, 3.8) is 0 Å². The Morgan fingerprint density at radius 1 is 1.03 bits per heavy atom. The molecule has 0 aromatic heterocycles. The summed E-state index contributed by atoms with van der Waals surface area (Å²) in [5.41, 5.74) is 1.10. The zero-order chi connectivity index (χ0) is 21.7. The molecule has 30 heavy (non-hydrogen) atoms. The summed E-state index contributed by atoms with van der Waals surface area (Å²) in [6.45, 7) is 0.220. The van der Waals surface area contributed by atoms with Crippen LogP contribution >= 0.6 is 0 Å². The number of carbonyl (C=O) groups is 2. The van der Waals surface area contributed by atoms with E-state index < -0.39 is 6.10 Å². The molecular weight excluding hydrogens is 388 g/mol. The number of aliphatic hydroxyl groups excluding tert-OH is 1. The van der Waals surface area contributed by atoms with Gasteiger partial charge < -0.3 is 29.1 Å². The third-order valence-corrected chi connectivity index (χ3v) is 5.02. The van der Waals surface area contributed by atoms with Crippen LogP contribution < -0.4 is 14.2 Å². The van der Waals surface area contributed by atoms with Crippen molar-refractivity contribution >= 4 is 11.8 Å². The predicted octanol–water partition coefficient (Wildman–Crippen LogP) is 1.56. The van der Waals surface area contributed by atoms with E-state index in [1.165, 1.54) is 16.9 Å². The topological polar surface area (TPSA) is 88.5 Å². The van der Waals surface area contributed by atoms with Gasteiger partial charge in [0.05, 0.1) is 39.5 Å². The Morgan fingerprint density at radius 2 is 1.70 bits per heavy atom. The summed E-state index contributed by atoms with van der Waals surface area (Å²) in [5, 5.41) is 10.5. The van der Waals surface area contributed by atoms with Gasteiger partial charge in [0.1, 0.15) is 23.8 Å². The minimum absolute atomic E-state index is 0.0569. The normalized spacial score (nSPS) is 16.8. The highest BCUT2D eigenvalue weighted by molar-refractivity contribution is 5.97. The number of benzene rings is 2. The molecule has 0 aliphatic carbocycles. The maximum Gasteiger partial charge on any atom is 0.254 e. The molecule has 2 amide bonds. The summed E-state index contributed by atoms with van der Waals surface area (Å²) in [7, 11) is 4.62.